The fourth-order valence-electron chi connectivity index (χ4n) is 3.27. The van der Waals surface area contributed by atoms with Crippen LogP contribution in [0.5, 0.6) is 5.75 Å². The van der Waals surface area contributed by atoms with Gasteiger partial charge in [0.05, 0.1) is 6.61 Å². The van der Waals surface area contributed by atoms with Crippen molar-refractivity contribution in [1.82, 2.24) is 15.5 Å². The highest BCUT2D eigenvalue weighted by molar-refractivity contribution is 7.98. The van der Waals surface area contributed by atoms with Gasteiger partial charge in [0.2, 0.25) is 11.8 Å². The Bertz CT molecular complexity index is 799. The highest BCUT2D eigenvalue weighted by Crippen LogP contribution is 2.26. The third-order valence-corrected chi connectivity index (χ3v) is 5.44. The third-order valence-electron chi connectivity index (χ3n) is 4.80. The Labute approximate surface area is 206 Å². The van der Waals surface area contributed by atoms with Crippen molar-refractivity contribution < 1.29 is 29.3 Å². The molecule has 0 aliphatic rings. The molecule has 1 aromatic rings. The van der Waals surface area contributed by atoms with Crippen molar-refractivity contribution in [2.45, 2.75) is 64.6 Å². The normalized spacial score (nSPS) is 13.0. The van der Waals surface area contributed by atoms with Crippen LogP contribution in [0.1, 0.15) is 58.6 Å². The SMILES string of the molecule is CCCCNC(=O)C(c1cccc(O)c1)N(CCO)C(=O)C(CCSC)NC(=O)OC(C)(C)C. The number of aromatic hydroxyl groups is 1. The third kappa shape index (κ3) is 10.2. The monoisotopic (exact) mass is 497 g/mol. The number of amides is 3. The minimum absolute atomic E-state index is 0.0499. The molecule has 0 aromatic heterocycles. The summed E-state index contributed by atoms with van der Waals surface area (Å²) in [5, 5.41) is 25.2. The number of nitrogens with one attached hydrogen (secondary N) is 2. The second-order valence-electron chi connectivity index (χ2n) is 8.88. The zero-order valence-electron chi connectivity index (χ0n) is 20.8. The Morgan fingerprint density at radius 2 is 1.94 bits per heavy atom. The number of phenols is 1. The molecule has 10 heteroatoms. The first-order valence-corrected chi connectivity index (χ1v) is 12.9. The summed E-state index contributed by atoms with van der Waals surface area (Å²) in [6.07, 6.45) is 3.11. The van der Waals surface area contributed by atoms with E-state index in [-0.39, 0.29) is 18.9 Å². The number of alkyl carbamates (subject to hydrolysis) is 1. The van der Waals surface area contributed by atoms with Gasteiger partial charge in [-0.15, -0.1) is 0 Å². The number of carbonyl (C=O) groups excluding carboxylic acids is 3. The number of rotatable bonds is 13. The number of aliphatic hydroxyl groups is 1. The van der Waals surface area contributed by atoms with Gasteiger partial charge in [-0.1, -0.05) is 25.5 Å². The Hall–Kier alpha value is -2.46. The van der Waals surface area contributed by atoms with Crippen LogP contribution < -0.4 is 10.6 Å². The number of hydrogen-bond donors (Lipinski definition) is 4. The van der Waals surface area contributed by atoms with Gasteiger partial charge in [-0.3, -0.25) is 9.59 Å². The Balaban J connectivity index is 3.33. The van der Waals surface area contributed by atoms with Crippen LogP contribution in [-0.4, -0.2) is 76.4 Å². The number of ether oxygens (including phenoxy) is 1. The van der Waals surface area contributed by atoms with Gasteiger partial charge >= 0.3 is 6.09 Å². The number of nitrogens with zero attached hydrogens (tertiary/aromatic N) is 1. The van der Waals surface area contributed by atoms with E-state index < -0.39 is 35.6 Å². The van der Waals surface area contributed by atoms with Gasteiger partial charge in [0, 0.05) is 13.1 Å². The number of hydrogen-bond acceptors (Lipinski definition) is 7. The van der Waals surface area contributed by atoms with E-state index in [4.69, 9.17) is 4.74 Å². The van der Waals surface area contributed by atoms with Crippen molar-refractivity contribution in [1.29, 1.82) is 0 Å². The topological polar surface area (TPSA) is 128 Å². The molecule has 2 atom stereocenters. The fourth-order valence-corrected chi connectivity index (χ4v) is 3.74. The number of unbranched alkanes of at least 4 members (excludes halogenated alkanes) is 1. The zero-order valence-corrected chi connectivity index (χ0v) is 21.6. The summed E-state index contributed by atoms with van der Waals surface area (Å²) in [6.45, 7) is 7.08. The van der Waals surface area contributed by atoms with Gasteiger partial charge < -0.3 is 30.5 Å². The summed E-state index contributed by atoms with van der Waals surface area (Å²) < 4.78 is 5.32. The lowest BCUT2D eigenvalue weighted by Crippen LogP contribution is -2.54. The first kappa shape index (κ1) is 29.6. The minimum atomic E-state index is -1.10. The average Bonchev–Trinajstić information content (AvgIpc) is 2.75. The smallest absolute Gasteiger partial charge is 0.408 e. The van der Waals surface area contributed by atoms with E-state index in [1.54, 1.807) is 32.9 Å². The highest BCUT2D eigenvalue weighted by atomic mass is 32.2. The molecule has 0 bridgehead atoms. The lowest BCUT2D eigenvalue weighted by molar-refractivity contribution is -0.143. The molecule has 1 aromatic carbocycles. The number of phenolic OH excluding ortho intramolecular Hbond substituents is 1. The molecule has 0 aliphatic heterocycles. The van der Waals surface area contributed by atoms with Gasteiger partial charge in [0.15, 0.2) is 0 Å². The Kier molecular flexibility index (Phi) is 12.8. The maximum atomic E-state index is 13.7. The molecule has 0 radical (unpaired) electrons. The average molecular weight is 498 g/mol. The van der Waals surface area contributed by atoms with Crippen molar-refractivity contribution in [2.75, 3.05) is 31.7 Å². The summed E-state index contributed by atoms with van der Waals surface area (Å²) in [5.41, 5.74) is -0.345. The van der Waals surface area contributed by atoms with Gasteiger partial charge in [-0.2, -0.15) is 11.8 Å². The molecule has 0 aliphatic carbocycles. The summed E-state index contributed by atoms with van der Waals surface area (Å²) in [6, 6.07) is 4.06. The quantitative estimate of drug-likeness (QED) is 0.309. The predicted octanol–water partition coefficient (Wildman–Crippen LogP) is 2.82. The van der Waals surface area contributed by atoms with Gasteiger partial charge in [-0.05, 0) is 63.3 Å². The van der Waals surface area contributed by atoms with Crippen LogP contribution in [0.25, 0.3) is 0 Å². The molecule has 0 spiro atoms. The van der Waals surface area contributed by atoms with Crippen molar-refractivity contribution in [2.24, 2.45) is 0 Å². The number of thioether (sulfide) groups is 1. The van der Waals surface area contributed by atoms with Crippen LogP contribution in [0.4, 0.5) is 4.79 Å². The molecule has 0 saturated heterocycles. The van der Waals surface area contributed by atoms with E-state index >= 15 is 0 Å². The van der Waals surface area contributed by atoms with Gasteiger partial charge in [-0.25, -0.2) is 4.79 Å². The summed E-state index contributed by atoms with van der Waals surface area (Å²) in [7, 11) is 0. The molecule has 34 heavy (non-hydrogen) atoms. The molecule has 9 nitrogen and oxygen atoms in total. The van der Waals surface area contributed by atoms with Crippen LogP contribution in [-0.2, 0) is 14.3 Å². The van der Waals surface area contributed by atoms with Crippen molar-refractivity contribution in [3.05, 3.63) is 29.8 Å². The molecular formula is C24H39N3O6S. The van der Waals surface area contributed by atoms with E-state index in [1.165, 1.54) is 28.8 Å². The zero-order chi connectivity index (χ0) is 25.7. The van der Waals surface area contributed by atoms with E-state index in [9.17, 15) is 24.6 Å². The van der Waals surface area contributed by atoms with E-state index in [0.717, 1.165) is 12.8 Å². The van der Waals surface area contributed by atoms with Gasteiger partial charge in [0.1, 0.15) is 23.4 Å². The first-order chi connectivity index (χ1) is 16.0. The summed E-state index contributed by atoms with van der Waals surface area (Å²) in [5.74, 6) is -0.417. The summed E-state index contributed by atoms with van der Waals surface area (Å²) >= 11 is 1.51. The van der Waals surface area contributed by atoms with E-state index in [1.807, 2.05) is 13.2 Å². The van der Waals surface area contributed by atoms with Crippen molar-refractivity contribution in [3.8, 4) is 5.75 Å². The van der Waals surface area contributed by atoms with Crippen LogP contribution in [0, 0.1) is 0 Å². The van der Waals surface area contributed by atoms with Crippen LogP contribution >= 0.6 is 11.8 Å². The lowest BCUT2D eigenvalue weighted by Gasteiger charge is -2.34. The van der Waals surface area contributed by atoms with Crippen LogP contribution in [0.3, 0.4) is 0 Å². The first-order valence-electron chi connectivity index (χ1n) is 11.5. The van der Waals surface area contributed by atoms with Crippen molar-refractivity contribution >= 4 is 29.7 Å². The van der Waals surface area contributed by atoms with Crippen LogP contribution in [0.15, 0.2) is 24.3 Å². The molecule has 1 rings (SSSR count). The highest BCUT2D eigenvalue weighted by Gasteiger charge is 2.36. The molecule has 0 heterocycles. The maximum absolute atomic E-state index is 13.7. The second kappa shape index (κ2) is 14.7. The van der Waals surface area contributed by atoms with E-state index in [0.29, 0.717) is 24.3 Å². The lowest BCUT2D eigenvalue weighted by atomic mass is 10.0. The van der Waals surface area contributed by atoms with Gasteiger partial charge in [0.25, 0.3) is 0 Å². The maximum Gasteiger partial charge on any atom is 0.408 e. The van der Waals surface area contributed by atoms with E-state index in [2.05, 4.69) is 10.6 Å². The van der Waals surface area contributed by atoms with Crippen molar-refractivity contribution in [3.63, 3.8) is 0 Å². The Morgan fingerprint density at radius 3 is 2.50 bits per heavy atom. The minimum Gasteiger partial charge on any atom is -0.508 e. The molecule has 3 amide bonds. The molecule has 2 unspecified atom stereocenters. The molecule has 192 valence electrons. The Morgan fingerprint density at radius 1 is 1.24 bits per heavy atom. The standard InChI is InChI=1S/C24H39N3O6S/c1-6-7-12-25-21(30)20(17-9-8-10-18(29)16-17)27(13-14-28)22(31)19(11-15-34-5)26-23(32)33-24(2,3)4/h8-10,16,19-20,28-29H,6-7,11-15H2,1-5H3,(H,25,30)(H,26,32). The number of aliphatic hydroxyl groups excluding tert-OH is 1. The van der Waals surface area contributed by atoms with Crippen LogP contribution in [0.2, 0.25) is 0 Å². The largest absolute Gasteiger partial charge is 0.508 e. The molecule has 0 fully saturated rings. The number of benzene rings is 1. The summed E-state index contributed by atoms with van der Waals surface area (Å²) in [4.78, 5) is 40.6. The molecule has 0 saturated carbocycles. The second-order valence-corrected chi connectivity index (χ2v) is 9.86. The predicted molar refractivity (Wildman–Crippen MR) is 134 cm³/mol. The number of carbonyl (C=O) groups is 3. The molecule has 4 N–H and O–H groups in total. The molecular weight excluding hydrogens is 458 g/mol. The fraction of sp³-hybridized carbons (Fsp3) is 0.625.